The minimum atomic E-state index is -0.873. The number of rotatable bonds is 6. The molecule has 0 bridgehead atoms. The molecule has 9 heteroatoms. The van der Waals surface area contributed by atoms with E-state index in [9.17, 15) is 9.59 Å². The number of aliphatic carboxylic acids is 1. The van der Waals surface area contributed by atoms with Gasteiger partial charge in [0.1, 0.15) is 6.54 Å². The third-order valence-electron chi connectivity index (χ3n) is 3.77. The Bertz CT molecular complexity index is 739. The van der Waals surface area contributed by atoms with Crippen molar-refractivity contribution in [3.63, 3.8) is 0 Å². The summed E-state index contributed by atoms with van der Waals surface area (Å²) < 4.78 is 0. The summed E-state index contributed by atoms with van der Waals surface area (Å²) in [4.78, 5) is 24.1. The molecule has 0 saturated heterocycles. The zero-order chi connectivity index (χ0) is 16.4. The Morgan fingerprint density at radius 3 is 2.61 bits per heavy atom. The summed E-state index contributed by atoms with van der Waals surface area (Å²) in [5.41, 5.74) is -0.0521. The van der Waals surface area contributed by atoms with Crippen LogP contribution in [0.15, 0.2) is 24.3 Å². The van der Waals surface area contributed by atoms with E-state index >= 15 is 0 Å². The van der Waals surface area contributed by atoms with Gasteiger partial charge in [0.25, 0.3) is 0 Å². The van der Waals surface area contributed by atoms with Crippen molar-refractivity contribution < 1.29 is 14.7 Å². The summed E-state index contributed by atoms with van der Waals surface area (Å²) in [5, 5.41) is 24.1. The van der Waals surface area contributed by atoms with Gasteiger partial charge in [-0.25, -0.2) is 0 Å². The zero-order valence-electron chi connectivity index (χ0n) is 12.1. The molecule has 1 aromatic carbocycles. The van der Waals surface area contributed by atoms with Crippen LogP contribution in [0.25, 0.3) is 11.4 Å². The van der Waals surface area contributed by atoms with E-state index in [0.717, 1.165) is 5.56 Å². The first-order chi connectivity index (χ1) is 11.0. The average molecular weight is 336 g/mol. The van der Waals surface area contributed by atoms with Gasteiger partial charge in [-0.15, -0.1) is 10.2 Å². The van der Waals surface area contributed by atoms with Gasteiger partial charge in [-0.3, -0.25) is 9.59 Å². The van der Waals surface area contributed by atoms with Crippen LogP contribution in [-0.2, 0) is 16.1 Å². The van der Waals surface area contributed by atoms with Crippen LogP contribution < -0.4 is 5.32 Å². The van der Waals surface area contributed by atoms with Crippen molar-refractivity contribution in [2.45, 2.75) is 19.4 Å². The van der Waals surface area contributed by atoms with Gasteiger partial charge in [-0.1, -0.05) is 11.6 Å². The van der Waals surface area contributed by atoms with Crippen molar-refractivity contribution in [3.05, 3.63) is 29.3 Å². The smallest absolute Gasteiger partial charge is 0.311 e. The van der Waals surface area contributed by atoms with E-state index in [1.54, 1.807) is 24.3 Å². The lowest BCUT2D eigenvalue weighted by atomic mass is 10.1. The van der Waals surface area contributed by atoms with Gasteiger partial charge in [0, 0.05) is 17.1 Å². The summed E-state index contributed by atoms with van der Waals surface area (Å²) in [7, 11) is 0. The number of amides is 1. The van der Waals surface area contributed by atoms with E-state index in [1.165, 1.54) is 4.80 Å². The highest BCUT2D eigenvalue weighted by molar-refractivity contribution is 6.30. The van der Waals surface area contributed by atoms with Crippen LogP contribution in [0.3, 0.4) is 0 Å². The maximum Gasteiger partial charge on any atom is 0.311 e. The van der Waals surface area contributed by atoms with Crippen LogP contribution in [0.4, 0.5) is 0 Å². The van der Waals surface area contributed by atoms with Crippen LogP contribution in [0.1, 0.15) is 12.8 Å². The Kier molecular flexibility index (Phi) is 3.99. The number of nitrogens with zero attached hydrogens (tertiary/aromatic N) is 4. The largest absolute Gasteiger partial charge is 0.481 e. The van der Waals surface area contributed by atoms with Crippen molar-refractivity contribution in [1.29, 1.82) is 0 Å². The number of tetrazole rings is 1. The fourth-order valence-electron chi connectivity index (χ4n) is 2.09. The molecule has 1 fully saturated rings. The second kappa shape index (κ2) is 5.96. The standard InChI is InChI=1S/C14H14ClN5O3/c15-10-3-1-9(2-4-10)12-17-19-20(18-12)7-11(21)16-8-14(5-6-14)13(22)23/h1-4H,5-8H2,(H,16,21)(H,22,23). The molecular formula is C14H14ClN5O3. The first-order valence-corrected chi connectivity index (χ1v) is 7.40. The number of aromatic nitrogens is 4. The number of halogens is 1. The second-order valence-electron chi connectivity index (χ2n) is 5.51. The van der Waals surface area contributed by atoms with Gasteiger partial charge < -0.3 is 10.4 Å². The third-order valence-corrected chi connectivity index (χ3v) is 4.02. The van der Waals surface area contributed by atoms with Crippen molar-refractivity contribution in [3.8, 4) is 11.4 Å². The van der Waals surface area contributed by atoms with E-state index < -0.39 is 11.4 Å². The number of carbonyl (C=O) groups is 2. The summed E-state index contributed by atoms with van der Waals surface area (Å²) >= 11 is 5.82. The van der Waals surface area contributed by atoms with Crippen LogP contribution in [0.2, 0.25) is 5.02 Å². The first kappa shape index (κ1) is 15.4. The molecule has 2 aromatic rings. The Morgan fingerprint density at radius 2 is 2.00 bits per heavy atom. The maximum absolute atomic E-state index is 11.8. The highest BCUT2D eigenvalue weighted by Gasteiger charge is 2.50. The molecule has 0 unspecified atom stereocenters. The normalized spacial score (nSPS) is 15.2. The minimum Gasteiger partial charge on any atom is -0.481 e. The molecule has 1 aliphatic rings. The Labute approximate surface area is 136 Å². The van der Waals surface area contributed by atoms with Gasteiger partial charge in [-0.2, -0.15) is 4.80 Å². The molecule has 8 nitrogen and oxygen atoms in total. The van der Waals surface area contributed by atoms with Gasteiger partial charge in [0.05, 0.1) is 5.41 Å². The topological polar surface area (TPSA) is 110 Å². The van der Waals surface area contributed by atoms with E-state index in [1.807, 2.05) is 0 Å². The van der Waals surface area contributed by atoms with E-state index in [2.05, 4.69) is 20.7 Å². The highest BCUT2D eigenvalue weighted by atomic mass is 35.5. The van der Waals surface area contributed by atoms with Gasteiger partial charge in [-0.05, 0) is 42.3 Å². The lowest BCUT2D eigenvalue weighted by Gasteiger charge is -2.10. The number of carboxylic acid groups (broad SMARTS) is 1. The summed E-state index contributed by atoms with van der Waals surface area (Å²) in [6, 6.07) is 6.94. The van der Waals surface area contributed by atoms with Crippen molar-refractivity contribution >= 4 is 23.5 Å². The summed E-state index contributed by atoms with van der Waals surface area (Å²) in [6.07, 6.45) is 1.18. The third kappa shape index (κ3) is 3.48. The second-order valence-corrected chi connectivity index (χ2v) is 5.95. The van der Waals surface area contributed by atoms with Crippen molar-refractivity contribution in [2.75, 3.05) is 6.54 Å². The molecule has 0 radical (unpaired) electrons. The Morgan fingerprint density at radius 1 is 1.30 bits per heavy atom. The maximum atomic E-state index is 11.8. The minimum absolute atomic E-state index is 0.115. The monoisotopic (exact) mass is 335 g/mol. The molecule has 23 heavy (non-hydrogen) atoms. The van der Waals surface area contributed by atoms with E-state index in [-0.39, 0.29) is 19.0 Å². The van der Waals surface area contributed by atoms with Gasteiger partial charge >= 0.3 is 5.97 Å². The van der Waals surface area contributed by atoms with Crippen LogP contribution in [0.5, 0.6) is 0 Å². The SMILES string of the molecule is O=C(Cn1nnc(-c2ccc(Cl)cc2)n1)NCC1(C(=O)O)CC1. The molecule has 1 amide bonds. The van der Waals surface area contributed by atoms with Crippen molar-refractivity contribution in [1.82, 2.24) is 25.5 Å². The molecule has 0 spiro atoms. The van der Waals surface area contributed by atoms with Crippen molar-refractivity contribution in [2.24, 2.45) is 5.41 Å². The lowest BCUT2D eigenvalue weighted by Crippen LogP contribution is -2.36. The molecule has 1 heterocycles. The number of carboxylic acids is 1. The van der Waals surface area contributed by atoms with Gasteiger partial charge in [0.2, 0.25) is 11.7 Å². The molecule has 3 rings (SSSR count). The lowest BCUT2D eigenvalue weighted by molar-refractivity contribution is -0.143. The molecule has 1 aromatic heterocycles. The number of benzene rings is 1. The fraction of sp³-hybridized carbons (Fsp3) is 0.357. The molecule has 0 atom stereocenters. The molecular weight excluding hydrogens is 322 g/mol. The predicted octanol–water partition coefficient (Wildman–Crippen LogP) is 0.974. The zero-order valence-corrected chi connectivity index (χ0v) is 12.8. The quantitative estimate of drug-likeness (QED) is 0.814. The molecule has 1 aliphatic carbocycles. The highest BCUT2D eigenvalue weighted by Crippen LogP contribution is 2.45. The Balaban J connectivity index is 1.57. The Hall–Kier alpha value is -2.48. The molecule has 2 N–H and O–H groups in total. The van der Waals surface area contributed by atoms with Crippen LogP contribution in [0, 0.1) is 5.41 Å². The number of hydrogen-bond acceptors (Lipinski definition) is 5. The van der Waals surface area contributed by atoms with E-state index in [4.69, 9.17) is 16.7 Å². The molecule has 1 saturated carbocycles. The fourth-order valence-corrected chi connectivity index (χ4v) is 2.22. The number of carbonyl (C=O) groups excluding carboxylic acids is 1. The molecule has 0 aliphatic heterocycles. The van der Waals surface area contributed by atoms with Crippen LogP contribution in [-0.4, -0.2) is 43.7 Å². The van der Waals surface area contributed by atoms with Gasteiger partial charge in [0.15, 0.2) is 0 Å². The van der Waals surface area contributed by atoms with E-state index in [0.29, 0.717) is 23.7 Å². The predicted molar refractivity (Wildman–Crippen MR) is 80.6 cm³/mol. The number of hydrogen-bond donors (Lipinski definition) is 2. The summed E-state index contributed by atoms with van der Waals surface area (Å²) in [5.74, 6) is -0.835. The summed E-state index contributed by atoms with van der Waals surface area (Å²) in [6.45, 7) is 0.0101. The number of nitrogens with one attached hydrogen (secondary N) is 1. The first-order valence-electron chi connectivity index (χ1n) is 7.02. The molecule has 120 valence electrons. The van der Waals surface area contributed by atoms with Crippen LogP contribution >= 0.6 is 11.6 Å². The average Bonchev–Trinajstić information content (AvgIpc) is 3.19.